The van der Waals surface area contributed by atoms with Crippen molar-refractivity contribution in [3.05, 3.63) is 29.8 Å². The predicted octanol–water partition coefficient (Wildman–Crippen LogP) is 1.45. The topological polar surface area (TPSA) is 72.5 Å². The van der Waals surface area contributed by atoms with Gasteiger partial charge in [0.05, 0.1) is 5.75 Å². The lowest BCUT2D eigenvalue weighted by molar-refractivity contribution is -0.0498. The maximum absolute atomic E-state index is 12.0. The zero-order valence-electron chi connectivity index (χ0n) is 11.0. The van der Waals surface area contributed by atoms with Crippen molar-refractivity contribution in [3.63, 3.8) is 0 Å². The normalized spacial score (nSPS) is 13.1. The third kappa shape index (κ3) is 5.96. The predicted molar refractivity (Wildman–Crippen MR) is 69.7 cm³/mol. The third-order valence-corrected chi connectivity index (χ3v) is 3.38. The first-order valence-corrected chi connectivity index (χ1v) is 7.77. The molecule has 1 atom stereocenters. The van der Waals surface area contributed by atoms with Crippen LogP contribution in [0.4, 0.5) is 8.78 Å². The molecule has 5 nitrogen and oxygen atoms in total. The first-order chi connectivity index (χ1) is 9.17. The highest BCUT2D eigenvalue weighted by Gasteiger charge is 2.14. The Labute approximate surface area is 115 Å². The summed E-state index contributed by atoms with van der Waals surface area (Å²) in [6, 6.07) is 4.57. The van der Waals surface area contributed by atoms with Gasteiger partial charge in [0.2, 0.25) is 0 Å². The fraction of sp³-hybridized carbons (Fsp3) is 0.417. The molecule has 0 bridgehead atoms. The van der Waals surface area contributed by atoms with Gasteiger partial charge >= 0.3 is 6.61 Å². The second-order valence-corrected chi connectivity index (χ2v) is 6.55. The van der Waals surface area contributed by atoms with Gasteiger partial charge in [-0.2, -0.15) is 8.78 Å². The van der Waals surface area contributed by atoms with Gasteiger partial charge in [0.25, 0.3) is 5.91 Å². The van der Waals surface area contributed by atoms with Crippen LogP contribution in [0.15, 0.2) is 24.3 Å². The van der Waals surface area contributed by atoms with E-state index in [0.29, 0.717) is 0 Å². The molecule has 0 saturated heterocycles. The number of nitrogens with one attached hydrogen (secondary N) is 1. The number of sulfone groups is 1. The Bertz CT molecular complexity index is 557. The molecular weight excluding hydrogens is 292 g/mol. The molecule has 8 heteroatoms. The molecule has 0 aliphatic rings. The van der Waals surface area contributed by atoms with Crippen LogP contribution >= 0.6 is 0 Å². The number of carbonyl (C=O) groups excluding carboxylic acids is 1. The minimum atomic E-state index is -3.19. The van der Waals surface area contributed by atoms with Crippen LogP contribution in [0.3, 0.4) is 0 Å². The Balaban J connectivity index is 2.64. The van der Waals surface area contributed by atoms with E-state index >= 15 is 0 Å². The van der Waals surface area contributed by atoms with E-state index in [0.717, 1.165) is 6.26 Å². The van der Waals surface area contributed by atoms with Crippen LogP contribution in [-0.2, 0) is 9.84 Å². The molecule has 0 radical (unpaired) electrons. The van der Waals surface area contributed by atoms with Crippen LogP contribution < -0.4 is 10.1 Å². The van der Waals surface area contributed by atoms with E-state index in [2.05, 4.69) is 10.1 Å². The molecule has 112 valence electrons. The van der Waals surface area contributed by atoms with E-state index in [-0.39, 0.29) is 17.1 Å². The van der Waals surface area contributed by atoms with Gasteiger partial charge in [-0.05, 0) is 31.2 Å². The summed E-state index contributed by atoms with van der Waals surface area (Å²) in [4.78, 5) is 11.8. The van der Waals surface area contributed by atoms with Crippen molar-refractivity contribution in [3.8, 4) is 5.75 Å². The first kappa shape index (κ1) is 16.4. The smallest absolute Gasteiger partial charge is 0.387 e. The van der Waals surface area contributed by atoms with Gasteiger partial charge in [0, 0.05) is 17.9 Å². The maximum Gasteiger partial charge on any atom is 0.387 e. The lowest BCUT2D eigenvalue weighted by Crippen LogP contribution is -2.37. The summed E-state index contributed by atoms with van der Waals surface area (Å²) in [5.74, 6) is -0.712. The van der Waals surface area contributed by atoms with Crippen molar-refractivity contribution in [1.82, 2.24) is 5.32 Å². The van der Waals surface area contributed by atoms with E-state index in [9.17, 15) is 22.0 Å². The minimum absolute atomic E-state index is 0.0549. The summed E-state index contributed by atoms with van der Waals surface area (Å²) in [5, 5.41) is 2.51. The number of alkyl halides is 2. The summed E-state index contributed by atoms with van der Waals surface area (Å²) in [6.45, 7) is -1.36. The highest BCUT2D eigenvalue weighted by atomic mass is 32.2. The van der Waals surface area contributed by atoms with Gasteiger partial charge in [0.15, 0.2) is 0 Å². The first-order valence-electron chi connectivity index (χ1n) is 5.71. The molecule has 1 amide bonds. The number of benzene rings is 1. The van der Waals surface area contributed by atoms with Crippen LogP contribution in [-0.4, -0.2) is 39.0 Å². The molecule has 0 spiro atoms. The summed E-state index contributed by atoms with van der Waals surface area (Å²) in [6.07, 6.45) is 1.08. The Morgan fingerprint density at radius 2 is 1.85 bits per heavy atom. The molecule has 0 saturated carbocycles. The molecule has 0 aliphatic carbocycles. The zero-order valence-corrected chi connectivity index (χ0v) is 11.8. The summed E-state index contributed by atoms with van der Waals surface area (Å²) >= 11 is 0. The molecule has 20 heavy (non-hydrogen) atoms. The van der Waals surface area contributed by atoms with Crippen LogP contribution in [0.2, 0.25) is 0 Å². The standard InChI is InChI=1S/C12H15F2NO4S/c1-8(7-20(2,17)18)15-11(16)9-3-5-10(6-4-9)19-12(13)14/h3-6,8,12H,7H2,1-2H3,(H,15,16). The van der Waals surface area contributed by atoms with Gasteiger partial charge in [-0.15, -0.1) is 0 Å². The van der Waals surface area contributed by atoms with Gasteiger partial charge in [-0.3, -0.25) is 4.79 Å². The Hall–Kier alpha value is -1.70. The summed E-state index contributed by atoms with van der Waals surface area (Å²) < 4.78 is 50.2. The van der Waals surface area contributed by atoms with E-state index in [1.54, 1.807) is 6.92 Å². The average molecular weight is 307 g/mol. The Morgan fingerprint density at radius 1 is 1.30 bits per heavy atom. The monoisotopic (exact) mass is 307 g/mol. The van der Waals surface area contributed by atoms with Gasteiger partial charge < -0.3 is 10.1 Å². The van der Waals surface area contributed by atoms with E-state index in [1.807, 2.05) is 0 Å². The number of halogens is 2. The molecule has 0 heterocycles. The highest BCUT2D eigenvalue weighted by molar-refractivity contribution is 7.90. The third-order valence-electron chi connectivity index (χ3n) is 2.27. The molecule has 0 aromatic heterocycles. The van der Waals surface area contributed by atoms with Crippen LogP contribution in [0.5, 0.6) is 5.75 Å². The number of amides is 1. The van der Waals surface area contributed by atoms with Gasteiger partial charge in [-0.25, -0.2) is 8.42 Å². The summed E-state index contributed by atoms with van der Waals surface area (Å²) in [5.41, 5.74) is 0.229. The van der Waals surface area contributed by atoms with Crippen LogP contribution in [0.1, 0.15) is 17.3 Å². The fourth-order valence-electron chi connectivity index (χ4n) is 1.59. The quantitative estimate of drug-likeness (QED) is 0.863. The van der Waals surface area contributed by atoms with E-state index < -0.39 is 28.4 Å². The molecule has 0 fully saturated rings. The van der Waals surface area contributed by atoms with Gasteiger partial charge in [0.1, 0.15) is 15.6 Å². The number of hydrogen-bond acceptors (Lipinski definition) is 4. The zero-order chi connectivity index (χ0) is 15.3. The van der Waals surface area contributed by atoms with Crippen molar-refractivity contribution >= 4 is 15.7 Å². The van der Waals surface area contributed by atoms with E-state index in [4.69, 9.17) is 0 Å². The highest BCUT2D eigenvalue weighted by Crippen LogP contribution is 2.14. The second kappa shape index (κ2) is 6.65. The average Bonchev–Trinajstić information content (AvgIpc) is 2.26. The van der Waals surface area contributed by atoms with Crippen LogP contribution in [0, 0.1) is 0 Å². The van der Waals surface area contributed by atoms with Crippen molar-refractivity contribution < 1.29 is 26.7 Å². The Kier molecular flexibility index (Phi) is 5.43. The molecule has 1 N–H and O–H groups in total. The van der Waals surface area contributed by atoms with Crippen molar-refractivity contribution in [2.24, 2.45) is 0 Å². The van der Waals surface area contributed by atoms with Crippen molar-refractivity contribution in [2.45, 2.75) is 19.6 Å². The number of carbonyl (C=O) groups is 1. The number of ether oxygens (including phenoxy) is 1. The number of rotatable bonds is 6. The van der Waals surface area contributed by atoms with Gasteiger partial charge in [-0.1, -0.05) is 0 Å². The van der Waals surface area contributed by atoms with Crippen LogP contribution in [0.25, 0.3) is 0 Å². The maximum atomic E-state index is 12.0. The molecule has 1 aromatic rings. The molecule has 1 aromatic carbocycles. The van der Waals surface area contributed by atoms with Crippen molar-refractivity contribution in [2.75, 3.05) is 12.0 Å². The summed E-state index contributed by atoms with van der Waals surface area (Å²) in [7, 11) is -3.19. The second-order valence-electron chi connectivity index (χ2n) is 4.37. The van der Waals surface area contributed by atoms with E-state index in [1.165, 1.54) is 24.3 Å². The molecule has 0 aliphatic heterocycles. The number of hydrogen-bond donors (Lipinski definition) is 1. The lowest BCUT2D eigenvalue weighted by Gasteiger charge is -2.13. The fourth-order valence-corrected chi connectivity index (χ4v) is 2.58. The minimum Gasteiger partial charge on any atom is -0.435 e. The molecule has 1 unspecified atom stereocenters. The molecule has 1 rings (SSSR count). The largest absolute Gasteiger partial charge is 0.435 e. The molecular formula is C12H15F2NO4S. The van der Waals surface area contributed by atoms with Crippen molar-refractivity contribution in [1.29, 1.82) is 0 Å². The SMILES string of the molecule is CC(CS(C)(=O)=O)NC(=O)c1ccc(OC(F)F)cc1. The Morgan fingerprint density at radius 3 is 2.30 bits per heavy atom. The lowest BCUT2D eigenvalue weighted by atomic mass is 10.2.